The molecule has 4 nitrogen and oxygen atoms in total. The molecule has 0 amide bonds. The van der Waals surface area contributed by atoms with E-state index in [0.717, 1.165) is 40.0 Å². The van der Waals surface area contributed by atoms with Gasteiger partial charge in [-0.1, -0.05) is 129 Å². The maximum atomic E-state index is 7.29. The van der Waals surface area contributed by atoms with Crippen molar-refractivity contribution in [3.05, 3.63) is 143 Å². The summed E-state index contributed by atoms with van der Waals surface area (Å²) >= 11 is 9.14. The highest BCUT2D eigenvalue weighted by molar-refractivity contribution is 7.27. The van der Waals surface area contributed by atoms with Crippen LogP contribution in [0.1, 0.15) is 36.7 Å². The molecule has 4 heterocycles. The van der Waals surface area contributed by atoms with Gasteiger partial charge in [0, 0.05) is 44.5 Å². The summed E-state index contributed by atoms with van der Waals surface area (Å²) < 4.78 is 11.5. The number of hydrogen-bond donors (Lipinski definition) is 0. The van der Waals surface area contributed by atoms with Gasteiger partial charge in [-0.25, -0.2) is 9.97 Å². The molecular formula is C46H32ClN3OS. The molecule has 1 atom stereocenters. The Morgan fingerprint density at radius 1 is 0.731 bits per heavy atom. The lowest BCUT2D eigenvalue weighted by Gasteiger charge is -2.18. The first-order valence-electron chi connectivity index (χ1n) is 17.9. The van der Waals surface area contributed by atoms with E-state index in [1.54, 1.807) is 0 Å². The fraction of sp³-hybridized carbons (Fsp3) is 0.130. The molecule has 0 fully saturated rings. The number of rotatable bonds is 4. The SMILES string of the molecule is CC(C)c1nc(Cl)c(-n2c3ccccc3c3c4ccccc4c4c5cc6ccccc6cc5sc4c32)nc1CC1Cc2ccc3ccccc3c2O1. The molecular weight excluding hydrogens is 678 g/mol. The van der Waals surface area contributed by atoms with Crippen molar-refractivity contribution >= 4 is 97.2 Å². The van der Waals surface area contributed by atoms with E-state index in [1.807, 2.05) is 11.3 Å². The lowest BCUT2D eigenvalue weighted by atomic mass is 9.98. The van der Waals surface area contributed by atoms with E-state index in [-0.39, 0.29) is 12.0 Å². The molecule has 1 aliphatic heterocycles. The van der Waals surface area contributed by atoms with E-state index in [9.17, 15) is 0 Å². The Bertz CT molecular complexity index is 3120. The molecule has 0 saturated heterocycles. The van der Waals surface area contributed by atoms with Crippen molar-refractivity contribution in [2.24, 2.45) is 0 Å². The maximum Gasteiger partial charge on any atom is 0.176 e. The van der Waals surface area contributed by atoms with Crippen LogP contribution in [0.2, 0.25) is 5.15 Å². The molecule has 0 bridgehead atoms. The van der Waals surface area contributed by atoms with Crippen molar-refractivity contribution < 1.29 is 4.74 Å². The van der Waals surface area contributed by atoms with Gasteiger partial charge in [-0.2, -0.15) is 0 Å². The second-order valence-electron chi connectivity index (χ2n) is 14.4. The molecule has 0 aliphatic carbocycles. The molecule has 0 spiro atoms. The number of benzene rings is 7. The molecule has 3 aromatic heterocycles. The largest absolute Gasteiger partial charge is 0.489 e. The van der Waals surface area contributed by atoms with Crippen LogP contribution >= 0.6 is 22.9 Å². The van der Waals surface area contributed by atoms with Crippen LogP contribution in [0.3, 0.4) is 0 Å². The van der Waals surface area contributed by atoms with Crippen LogP contribution in [0.4, 0.5) is 0 Å². The third-order valence-electron chi connectivity index (χ3n) is 10.9. The van der Waals surface area contributed by atoms with Gasteiger partial charge in [0.05, 0.1) is 27.1 Å². The quantitative estimate of drug-likeness (QED) is 0.183. The van der Waals surface area contributed by atoms with E-state index < -0.39 is 0 Å². The van der Waals surface area contributed by atoms with Gasteiger partial charge in [-0.3, -0.25) is 4.57 Å². The molecule has 7 aromatic carbocycles. The Balaban J connectivity index is 1.18. The lowest BCUT2D eigenvalue weighted by molar-refractivity contribution is 0.233. The van der Waals surface area contributed by atoms with Gasteiger partial charge in [0.15, 0.2) is 11.0 Å². The Hall–Kier alpha value is -5.49. The van der Waals surface area contributed by atoms with Crippen molar-refractivity contribution in [3.8, 4) is 11.6 Å². The van der Waals surface area contributed by atoms with E-state index in [1.165, 1.54) is 63.4 Å². The first-order chi connectivity index (χ1) is 25.5. The standard InChI is InChI=1S/C46H32ClN3OS/c1-25(2)41-36(24-30-21-29-20-19-26-11-5-6-14-31(26)43(29)51-30)48-46(45(47)49-41)50-37-18-10-9-17-34(37)39-32-15-7-8-16-33(32)40-35-22-27-12-3-4-13-28(27)23-38(35)52-44(40)42(39)50/h3-20,22-23,25,30H,21,24H2,1-2H3. The van der Waals surface area contributed by atoms with Crippen LogP contribution in [0.25, 0.3) is 80.1 Å². The van der Waals surface area contributed by atoms with E-state index in [2.05, 4.69) is 140 Å². The summed E-state index contributed by atoms with van der Waals surface area (Å²) in [5, 5.41) is 12.7. The van der Waals surface area contributed by atoms with E-state index >= 15 is 0 Å². The van der Waals surface area contributed by atoms with Gasteiger partial charge in [-0.15, -0.1) is 11.3 Å². The van der Waals surface area contributed by atoms with Crippen molar-refractivity contribution in [1.29, 1.82) is 0 Å². The molecule has 0 radical (unpaired) electrons. The van der Waals surface area contributed by atoms with Gasteiger partial charge >= 0.3 is 0 Å². The highest BCUT2D eigenvalue weighted by atomic mass is 35.5. The summed E-state index contributed by atoms with van der Waals surface area (Å²) in [6.07, 6.45) is 1.42. The molecule has 0 N–H and O–H groups in total. The number of ether oxygens (including phenoxy) is 1. The molecule has 6 heteroatoms. The van der Waals surface area contributed by atoms with Gasteiger partial charge in [0.25, 0.3) is 0 Å². The predicted molar refractivity (Wildman–Crippen MR) is 219 cm³/mol. The van der Waals surface area contributed by atoms with Crippen molar-refractivity contribution in [2.45, 2.75) is 38.7 Å². The van der Waals surface area contributed by atoms with Gasteiger partial charge in [0.1, 0.15) is 11.9 Å². The number of para-hydroxylation sites is 1. The Labute approximate surface area is 308 Å². The minimum absolute atomic E-state index is 0.0489. The second-order valence-corrected chi connectivity index (χ2v) is 15.8. The number of aromatic nitrogens is 3. The van der Waals surface area contributed by atoms with Gasteiger partial charge in [0.2, 0.25) is 0 Å². The monoisotopic (exact) mass is 709 g/mol. The highest BCUT2D eigenvalue weighted by Crippen LogP contribution is 2.49. The fourth-order valence-corrected chi connectivity index (χ4v) is 10.2. The average molecular weight is 710 g/mol. The molecule has 52 heavy (non-hydrogen) atoms. The zero-order valence-electron chi connectivity index (χ0n) is 28.7. The minimum atomic E-state index is -0.0489. The first-order valence-corrected chi connectivity index (χ1v) is 19.1. The van der Waals surface area contributed by atoms with Crippen LogP contribution in [-0.4, -0.2) is 20.6 Å². The molecule has 11 rings (SSSR count). The molecule has 1 unspecified atom stereocenters. The van der Waals surface area contributed by atoms with Crippen molar-refractivity contribution in [2.75, 3.05) is 0 Å². The normalized spacial score (nSPS) is 14.6. The average Bonchev–Trinajstić information content (AvgIpc) is 3.86. The number of thiophene rings is 1. The maximum absolute atomic E-state index is 7.29. The fourth-order valence-electron chi connectivity index (χ4n) is 8.66. The Morgan fingerprint density at radius 3 is 2.19 bits per heavy atom. The topological polar surface area (TPSA) is 39.9 Å². The molecule has 10 aromatic rings. The van der Waals surface area contributed by atoms with Crippen LogP contribution in [-0.2, 0) is 12.8 Å². The van der Waals surface area contributed by atoms with Crippen LogP contribution in [0.5, 0.6) is 5.75 Å². The third kappa shape index (κ3) is 4.33. The summed E-state index contributed by atoms with van der Waals surface area (Å²) in [7, 11) is 0. The molecule has 0 saturated carbocycles. The minimum Gasteiger partial charge on any atom is -0.489 e. The first kappa shape index (κ1) is 30.2. The number of fused-ring (bicyclic) bond motifs is 14. The van der Waals surface area contributed by atoms with Crippen LogP contribution in [0.15, 0.2) is 121 Å². The van der Waals surface area contributed by atoms with Crippen LogP contribution < -0.4 is 4.74 Å². The number of nitrogens with zero attached hydrogens (tertiary/aromatic N) is 3. The predicted octanol–water partition coefficient (Wildman–Crippen LogP) is 12.7. The number of halogens is 1. The second kappa shape index (κ2) is 11.3. The Morgan fingerprint density at radius 2 is 1.40 bits per heavy atom. The zero-order chi connectivity index (χ0) is 34.7. The van der Waals surface area contributed by atoms with Crippen molar-refractivity contribution in [3.63, 3.8) is 0 Å². The molecule has 250 valence electrons. The summed E-state index contributed by atoms with van der Waals surface area (Å²) in [5.41, 5.74) is 5.28. The summed E-state index contributed by atoms with van der Waals surface area (Å²) in [6.45, 7) is 4.33. The smallest absolute Gasteiger partial charge is 0.176 e. The lowest BCUT2D eigenvalue weighted by Crippen LogP contribution is -2.20. The van der Waals surface area contributed by atoms with Crippen molar-refractivity contribution in [1.82, 2.24) is 14.5 Å². The summed E-state index contributed by atoms with van der Waals surface area (Å²) in [4.78, 5) is 10.6. The third-order valence-corrected chi connectivity index (χ3v) is 12.3. The summed E-state index contributed by atoms with van der Waals surface area (Å²) in [6, 6.07) is 43.7. The van der Waals surface area contributed by atoms with Crippen LogP contribution in [0, 0.1) is 0 Å². The Kier molecular flexibility index (Phi) is 6.53. The number of hydrogen-bond acceptors (Lipinski definition) is 4. The van der Waals surface area contributed by atoms with Gasteiger partial charge in [-0.05, 0) is 56.6 Å². The van der Waals surface area contributed by atoms with E-state index in [0.29, 0.717) is 17.4 Å². The summed E-state index contributed by atoms with van der Waals surface area (Å²) in [5.74, 6) is 1.79. The van der Waals surface area contributed by atoms with E-state index in [4.69, 9.17) is 26.3 Å². The highest BCUT2D eigenvalue weighted by Gasteiger charge is 2.29. The van der Waals surface area contributed by atoms with Gasteiger partial charge < -0.3 is 4.74 Å². The zero-order valence-corrected chi connectivity index (χ0v) is 30.2. The molecule has 1 aliphatic rings.